The van der Waals surface area contributed by atoms with E-state index >= 15 is 0 Å². The first-order chi connectivity index (χ1) is 9.43. The number of thiophene rings is 1. The third-order valence-corrected chi connectivity index (χ3v) is 3.89. The minimum Gasteiger partial charge on any atom is -0.373 e. The van der Waals surface area contributed by atoms with Crippen molar-refractivity contribution in [2.75, 3.05) is 5.32 Å². The molecule has 2 nitrogen and oxygen atoms in total. The average Bonchev–Trinajstić information content (AvgIpc) is 3.01. The molecule has 0 saturated heterocycles. The number of hydrogen-bond donors (Lipinski definition) is 1. The lowest BCUT2D eigenvalue weighted by atomic mass is 10.1. The molecule has 0 aliphatic heterocycles. The number of benzene rings is 1. The Morgan fingerprint density at radius 2 is 1.68 bits per heavy atom. The Morgan fingerprint density at radius 1 is 0.895 bits per heavy atom. The minimum atomic E-state index is 0.184. The van der Waals surface area contributed by atoms with Gasteiger partial charge in [-0.1, -0.05) is 36.4 Å². The summed E-state index contributed by atoms with van der Waals surface area (Å²) in [4.78, 5) is 5.36. The molecule has 19 heavy (non-hydrogen) atoms. The predicted octanol–water partition coefficient (Wildman–Crippen LogP) is 4.34. The maximum atomic E-state index is 4.05. The van der Waals surface area contributed by atoms with Gasteiger partial charge in [0.15, 0.2) is 0 Å². The molecule has 1 atom stereocenters. The van der Waals surface area contributed by atoms with Crippen LogP contribution in [0.15, 0.2) is 72.4 Å². The Labute approximate surface area is 116 Å². The molecule has 0 saturated carbocycles. The van der Waals surface area contributed by atoms with Crippen LogP contribution >= 0.6 is 11.3 Å². The van der Waals surface area contributed by atoms with Gasteiger partial charge in [0.1, 0.15) is 0 Å². The highest BCUT2D eigenvalue weighted by atomic mass is 32.1. The molecule has 1 N–H and O–H groups in total. The van der Waals surface area contributed by atoms with E-state index in [1.807, 2.05) is 18.2 Å². The zero-order valence-electron chi connectivity index (χ0n) is 10.4. The summed E-state index contributed by atoms with van der Waals surface area (Å²) in [6.45, 7) is 0. The highest BCUT2D eigenvalue weighted by Gasteiger charge is 2.14. The van der Waals surface area contributed by atoms with Gasteiger partial charge >= 0.3 is 0 Å². The number of nitrogens with zero attached hydrogens (tertiary/aromatic N) is 1. The van der Waals surface area contributed by atoms with E-state index in [-0.39, 0.29) is 6.04 Å². The summed E-state index contributed by atoms with van der Waals surface area (Å²) < 4.78 is 0. The zero-order valence-corrected chi connectivity index (χ0v) is 11.2. The van der Waals surface area contributed by atoms with E-state index in [1.165, 1.54) is 10.4 Å². The molecule has 3 aromatic rings. The van der Waals surface area contributed by atoms with Crippen molar-refractivity contribution in [2.45, 2.75) is 6.04 Å². The van der Waals surface area contributed by atoms with Crippen LogP contribution in [-0.2, 0) is 0 Å². The van der Waals surface area contributed by atoms with Gasteiger partial charge in [-0.05, 0) is 29.1 Å². The molecule has 3 heteroatoms. The number of pyridine rings is 1. The third-order valence-electron chi connectivity index (χ3n) is 2.95. The van der Waals surface area contributed by atoms with Crippen molar-refractivity contribution < 1.29 is 0 Å². The van der Waals surface area contributed by atoms with E-state index in [4.69, 9.17) is 0 Å². The van der Waals surface area contributed by atoms with Crippen molar-refractivity contribution in [2.24, 2.45) is 0 Å². The molecule has 0 radical (unpaired) electrons. The fourth-order valence-electron chi connectivity index (χ4n) is 2.03. The summed E-state index contributed by atoms with van der Waals surface area (Å²) in [5.41, 5.74) is 2.35. The molecule has 94 valence electrons. The van der Waals surface area contributed by atoms with Crippen molar-refractivity contribution in [3.05, 3.63) is 82.8 Å². The molecule has 3 rings (SSSR count). The topological polar surface area (TPSA) is 24.9 Å². The maximum absolute atomic E-state index is 4.05. The zero-order chi connectivity index (χ0) is 12.9. The molecule has 0 aliphatic rings. The molecule has 2 aromatic heterocycles. The van der Waals surface area contributed by atoms with Crippen LogP contribution in [0, 0.1) is 0 Å². The van der Waals surface area contributed by atoms with Crippen molar-refractivity contribution in [1.29, 1.82) is 0 Å². The summed E-state index contributed by atoms with van der Waals surface area (Å²) >= 11 is 1.77. The van der Waals surface area contributed by atoms with Gasteiger partial charge in [0.05, 0.1) is 6.04 Å². The van der Waals surface area contributed by atoms with Crippen LogP contribution in [0.5, 0.6) is 0 Å². The SMILES string of the molecule is c1ccc(C(Nc2ccncc2)c2cccs2)cc1. The summed E-state index contributed by atoms with van der Waals surface area (Å²) in [6.07, 6.45) is 3.61. The van der Waals surface area contributed by atoms with Crippen molar-refractivity contribution in [1.82, 2.24) is 4.98 Å². The van der Waals surface area contributed by atoms with Crippen molar-refractivity contribution in [3.63, 3.8) is 0 Å². The average molecular weight is 266 g/mol. The van der Waals surface area contributed by atoms with E-state index in [9.17, 15) is 0 Å². The maximum Gasteiger partial charge on any atom is 0.0860 e. The summed E-state index contributed by atoms with van der Waals surface area (Å²) in [5.74, 6) is 0. The molecule has 1 unspecified atom stereocenters. The van der Waals surface area contributed by atoms with Crippen LogP contribution in [0.2, 0.25) is 0 Å². The van der Waals surface area contributed by atoms with Crippen LogP contribution < -0.4 is 5.32 Å². The third kappa shape index (κ3) is 2.83. The normalized spacial score (nSPS) is 12.0. The lowest BCUT2D eigenvalue weighted by molar-refractivity contribution is 0.963. The second-order valence-corrected chi connectivity index (χ2v) is 5.22. The lowest BCUT2D eigenvalue weighted by Crippen LogP contribution is -2.10. The fraction of sp³-hybridized carbons (Fsp3) is 0.0625. The molecule has 0 aliphatic carbocycles. The number of hydrogen-bond acceptors (Lipinski definition) is 3. The van der Waals surface area contributed by atoms with E-state index in [0.717, 1.165) is 5.69 Å². The molecule has 2 heterocycles. The molecular formula is C16H14N2S. The highest BCUT2D eigenvalue weighted by molar-refractivity contribution is 7.10. The lowest BCUT2D eigenvalue weighted by Gasteiger charge is -2.19. The number of aromatic nitrogens is 1. The van der Waals surface area contributed by atoms with Crippen molar-refractivity contribution in [3.8, 4) is 0 Å². The van der Waals surface area contributed by atoms with Gasteiger partial charge in [0.2, 0.25) is 0 Å². The molecule has 0 amide bonds. The van der Waals surface area contributed by atoms with Gasteiger partial charge in [-0.2, -0.15) is 0 Å². The minimum absolute atomic E-state index is 0.184. The first-order valence-corrected chi connectivity index (χ1v) is 7.06. The summed E-state index contributed by atoms with van der Waals surface area (Å²) in [7, 11) is 0. The van der Waals surface area contributed by atoms with Gasteiger partial charge in [0, 0.05) is 23.0 Å². The second-order valence-electron chi connectivity index (χ2n) is 4.24. The van der Waals surface area contributed by atoms with Crippen LogP contribution in [0.4, 0.5) is 5.69 Å². The summed E-state index contributed by atoms with van der Waals surface area (Å²) in [6, 6.07) is 18.9. The van der Waals surface area contributed by atoms with Gasteiger partial charge in [-0.25, -0.2) is 0 Å². The van der Waals surface area contributed by atoms with Gasteiger partial charge in [-0.15, -0.1) is 11.3 Å². The van der Waals surface area contributed by atoms with Gasteiger partial charge in [-0.3, -0.25) is 4.98 Å². The van der Waals surface area contributed by atoms with Gasteiger partial charge < -0.3 is 5.32 Å². The molecule has 0 spiro atoms. The Hall–Kier alpha value is -2.13. The highest BCUT2D eigenvalue weighted by Crippen LogP contribution is 2.29. The van der Waals surface area contributed by atoms with Crippen LogP contribution in [0.3, 0.4) is 0 Å². The van der Waals surface area contributed by atoms with Gasteiger partial charge in [0.25, 0.3) is 0 Å². The summed E-state index contributed by atoms with van der Waals surface area (Å²) in [5, 5.41) is 5.68. The number of nitrogens with one attached hydrogen (secondary N) is 1. The fourth-order valence-corrected chi connectivity index (χ4v) is 2.84. The van der Waals surface area contributed by atoms with Crippen LogP contribution in [0.1, 0.15) is 16.5 Å². The van der Waals surface area contributed by atoms with Crippen molar-refractivity contribution >= 4 is 17.0 Å². The van der Waals surface area contributed by atoms with E-state index in [1.54, 1.807) is 23.7 Å². The molecule has 0 fully saturated rings. The molecular weight excluding hydrogens is 252 g/mol. The van der Waals surface area contributed by atoms with E-state index in [2.05, 4.69) is 52.1 Å². The predicted molar refractivity (Wildman–Crippen MR) is 80.5 cm³/mol. The second kappa shape index (κ2) is 5.67. The number of anilines is 1. The largest absolute Gasteiger partial charge is 0.373 e. The van der Waals surface area contributed by atoms with Crippen LogP contribution in [-0.4, -0.2) is 4.98 Å². The van der Waals surface area contributed by atoms with E-state index < -0.39 is 0 Å². The molecule has 1 aromatic carbocycles. The molecule has 0 bridgehead atoms. The van der Waals surface area contributed by atoms with E-state index in [0.29, 0.717) is 0 Å². The quantitative estimate of drug-likeness (QED) is 0.759. The Bertz CT molecular complexity index is 606. The number of rotatable bonds is 4. The Kier molecular flexibility index (Phi) is 3.56. The van der Waals surface area contributed by atoms with Crippen LogP contribution in [0.25, 0.3) is 0 Å². The smallest absolute Gasteiger partial charge is 0.0860 e. The first kappa shape index (κ1) is 11.9. The standard InChI is InChI=1S/C16H14N2S/c1-2-5-13(6-3-1)16(15-7-4-12-19-15)18-14-8-10-17-11-9-14/h1-12,16H,(H,17,18). The first-order valence-electron chi connectivity index (χ1n) is 6.18. The Balaban J connectivity index is 1.94. The monoisotopic (exact) mass is 266 g/mol. The Morgan fingerprint density at radius 3 is 2.37 bits per heavy atom.